The van der Waals surface area contributed by atoms with Crippen molar-refractivity contribution in [1.82, 2.24) is 0 Å². The summed E-state index contributed by atoms with van der Waals surface area (Å²) in [6, 6.07) is 0. The minimum absolute atomic E-state index is 0.0944. The number of hydrogen-bond donors (Lipinski definition) is 1. The quantitative estimate of drug-likeness (QED) is 0.786. The van der Waals surface area contributed by atoms with Crippen molar-refractivity contribution in [3.63, 3.8) is 0 Å². The first-order valence-electron chi connectivity index (χ1n) is 6.03. The van der Waals surface area contributed by atoms with Gasteiger partial charge < -0.3 is 5.11 Å². The smallest absolute Gasteiger partial charge is 0.307 e. The maximum absolute atomic E-state index is 11.1. The molecular weight excluding hydrogens is 208 g/mol. The van der Waals surface area contributed by atoms with Gasteiger partial charge in [-0.3, -0.25) is 4.79 Å². The van der Waals surface area contributed by atoms with E-state index in [0.29, 0.717) is 5.25 Å². The summed E-state index contributed by atoms with van der Waals surface area (Å²) in [5.41, 5.74) is 0. The molecule has 0 radical (unpaired) electrons. The second kappa shape index (κ2) is 6.41. The monoisotopic (exact) mass is 230 g/mol. The van der Waals surface area contributed by atoms with E-state index in [1.54, 1.807) is 0 Å². The molecule has 0 heterocycles. The second-order valence-electron chi connectivity index (χ2n) is 4.41. The van der Waals surface area contributed by atoms with Crippen LogP contribution in [0.2, 0.25) is 0 Å². The zero-order valence-electron chi connectivity index (χ0n) is 9.74. The number of hydrogen-bond acceptors (Lipinski definition) is 2. The van der Waals surface area contributed by atoms with E-state index in [1.165, 1.54) is 12.8 Å². The van der Waals surface area contributed by atoms with Crippen molar-refractivity contribution in [1.29, 1.82) is 0 Å². The molecule has 0 spiro atoms. The standard InChI is InChI=1S/C12H22O2S/c1-3-5-9-6-7-10(12(13)14)11(8-9)15-4-2/h9-11H,3-8H2,1-2H3,(H,13,14). The van der Waals surface area contributed by atoms with Gasteiger partial charge in [0.25, 0.3) is 0 Å². The molecule has 88 valence electrons. The molecule has 1 N–H and O–H groups in total. The van der Waals surface area contributed by atoms with Crippen LogP contribution in [-0.2, 0) is 4.79 Å². The molecule has 3 heteroatoms. The molecule has 1 rings (SSSR count). The number of rotatable bonds is 5. The lowest BCUT2D eigenvalue weighted by atomic mass is 9.80. The van der Waals surface area contributed by atoms with Gasteiger partial charge in [-0.2, -0.15) is 11.8 Å². The largest absolute Gasteiger partial charge is 0.481 e. The Morgan fingerprint density at radius 3 is 2.67 bits per heavy atom. The number of carboxylic acid groups (broad SMARTS) is 1. The number of thioether (sulfide) groups is 1. The molecule has 0 aromatic heterocycles. The first kappa shape index (κ1) is 12.9. The lowest BCUT2D eigenvalue weighted by Crippen LogP contribution is -2.33. The average Bonchev–Trinajstić information content (AvgIpc) is 2.18. The van der Waals surface area contributed by atoms with Gasteiger partial charge in [-0.05, 0) is 30.9 Å². The molecule has 0 saturated heterocycles. The molecule has 0 aromatic rings. The Bertz CT molecular complexity index is 206. The van der Waals surface area contributed by atoms with Crippen molar-refractivity contribution in [2.24, 2.45) is 11.8 Å². The SMILES string of the molecule is CCCC1CCC(C(=O)O)C(SCC)C1. The summed E-state index contributed by atoms with van der Waals surface area (Å²) >= 11 is 1.84. The normalized spacial score (nSPS) is 31.5. The predicted molar refractivity (Wildman–Crippen MR) is 65.3 cm³/mol. The molecule has 1 aliphatic rings. The van der Waals surface area contributed by atoms with Crippen LogP contribution in [0.5, 0.6) is 0 Å². The van der Waals surface area contributed by atoms with Crippen LogP contribution >= 0.6 is 11.8 Å². The minimum Gasteiger partial charge on any atom is -0.481 e. The van der Waals surface area contributed by atoms with Gasteiger partial charge >= 0.3 is 5.97 Å². The van der Waals surface area contributed by atoms with Crippen molar-refractivity contribution in [3.05, 3.63) is 0 Å². The number of aliphatic carboxylic acids is 1. The summed E-state index contributed by atoms with van der Waals surface area (Å²) in [7, 11) is 0. The van der Waals surface area contributed by atoms with Crippen LogP contribution in [0.3, 0.4) is 0 Å². The molecule has 2 nitrogen and oxygen atoms in total. The molecule has 0 bridgehead atoms. The Kier molecular flexibility index (Phi) is 5.51. The van der Waals surface area contributed by atoms with E-state index in [9.17, 15) is 4.79 Å². The average molecular weight is 230 g/mol. The summed E-state index contributed by atoms with van der Waals surface area (Å²) < 4.78 is 0. The fraction of sp³-hybridized carbons (Fsp3) is 0.917. The lowest BCUT2D eigenvalue weighted by molar-refractivity contribution is -0.142. The highest BCUT2D eigenvalue weighted by atomic mass is 32.2. The molecule has 1 saturated carbocycles. The zero-order valence-corrected chi connectivity index (χ0v) is 10.6. The van der Waals surface area contributed by atoms with E-state index < -0.39 is 5.97 Å². The van der Waals surface area contributed by atoms with E-state index in [1.807, 2.05) is 11.8 Å². The highest BCUT2D eigenvalue weighted by Crippen LogP contribution is 2.38. The second-order valence-corrected chi connectivity index (χ2v) is 5.92. The van der Waals surface area contributed by atoms with Crippen LogP contribution in [0.4, 0.5) is 0 Å². The maximum atomic E-state index is 11.1. The third-order valence-electron chi connectivity index (χ3n) is 3.30. The van der Waals surface area contributed by atoms with E-state index in [2.05, 4.69) is 13.8 Å². The zero-order chi connectivity index (χ0) is 11.3. The first-order chi connectivity index (χ1) is 7.19. The predicted octanol–water partition coefficient (Wildman–Crippen LogP) is 3.41. The summed E-state index contributed by atoms with van der Waals surface area (Å²) in [6.07, 6.45) is 5.62. The Morgan fingerprint density at radius 1 is 1.40 bits per heavy atom. The molecule has 3 atom stereocenters. The lowest BCUT2D eigenvalue weighted by Gasteiger charge is -2.33. The van der Waals surface area contributed by atoms with Crippen molar-refractivity contribution in [2.45, 2.75) is 51.2 Å². The fourth-order valence-electron chi connectivity index (χ4n) is 2.56. The van der Waals surface area contributed by atoms with Gasteiger partial charge in [0.05, 0.1) is 5.92 Å². The van der Waals surface area contributed by atoms with Crippen LogP contribution in [0.25, 0.3) is 0 Å². The van der Waals surface area contributed by atoms with Gasteiger partial charge in [0.15, 0.2) is 0 Å². The van der Waals surface area contributed by atoms with Crippen molar-refractivity contribution in [3.8, 4) is 0 Å². The van der Waals surface area contributed by atoms with Crippen LogP contribution < -0.4 is 0 Å². The number of carbonyl (C=O) groups is 1. The summed E-state index contributed by atoms with van der Waals surface area (Å²) in [4.78, 5) is 11.1. The van der Waals surface area contributed by atoms with E-state index in [-0.39, 0.29) is 5.92 Å². The van der Waals surface area contributed by atoms with Crippen LogP contribution in [0.1, 0.15) is 46.0 Å². The highest BCUT2D eigenvalue weighted by Gasteiger charge is 2.34. The third kappa shape index (κ3) is 3.71. The van der Waals surface area contributed by atoms with Crippen molar-refractivity contribution >= 4 is 17.7 Å². The van der Waals surface area contributed by atoms with Gasteiger partial charge in [-0.15, -0.1) is 0 Å². The summed E-state index contributed by atoms with van der Waals surface area (Å²) in [5.74, 6) is 1.13. The first-order valence-corrected chi connectivity index (χ1v) is 7.08. The van der Waals surface area contributed by atoms with E-state index in [0.717, 1.165) is 30.9 Å². The highest BCUT2D eigenvalue weighted by molar-refractivity contribution is 7.99. The van der Waals surface area contributed by atoms with Crippen LogP contribution in [0.15, 0.2) is 0 Å². The van der Waals surface area contributed by atoms with Crippen molar-refractivity contribution in [2.75, 3.05) is 5.75 Å². The van der Waals surface area contributed by atoms with Crippen molar-refractivity contribution < 1.29 is 9.90 Å². The summed E-state index contributed by atoms with van der Waals surface area (Å²) in [5, 5.41) is 9.50. The third-order valence-corrected chi connectivity index (χ3v) is 4.58. The Morgan fingerprint density at radius 2 is 2.13 bits per heavy atom. The van der Waals surface area contributed by atoms with Gasteiger partial charge in [0.1, 0.15) is 0 Å². The van der Waals surface area contributed by atoms with Gasteiger partial charge in [0.2, 0.25) is 0 Å². The van der Waals surface area contributed by atoms with Crippen LogP contribution in [0, 0.1) is 11.8 Å². The molecule has 1 aliphatic carbocycles. The summed E-state index contributed by atoms with van der Waals surface area (Å²) in [6.45, 7) is 4.33. The van der Waals surface area contributed by atoms with Crippen LogP contribution in [-0.4, -0.2) is 22.1 Å². The molecule has 0 aromatic carbocycles. The van der Waals surface area contributed by atoms with Gasteiger partial charge in [-0.1, -0.05) is 26.7 Å². The Balaban J connectivity index is 2.52. The topological polar surface area (TPSA) is 37.3 Å². The Labute approximate surface area is 96.8 Å². The fourth-order valence-corrected chi connectivity index (χ4v) is 3.88. The van der Waals surface area contributed by atoms with E-state index in [4.69, 9.17) is 5.11 Å². The van der Waals surface area contributed by atoms with E-state index >= 15 is 0 Å². The Hall–Kier alpha value is -0.180. The molecule has 3 unspecified atom stereocenters. The maximum Gasteiger partial charge on any atom is 0.307 e. The number of carboxylic acids is 1. The van der Waals surface area contributed by atoms with Gasteiger partial charge in [-0.25, -0.2) is 0 Å². The molecule has 0 amide bonds. The molecule has 1 fully saturated rings. The molecular formula is C12H22O2S. The molecule has 0 aliphatic heterocycles. The minimum atomic E-state index is -0.587. The molecule has 15 heavy (non-hydrogen) atoms. The van der Waals surface area contributed by atoms with Gasteiger partial charge in [0, 0.05) is 5.25 Å².